The molecule has 0 saturated heterocycles. The summed E-state index contributed by atoms with van der Waals surface area (Å²) in [6.07, 6.45) is 2.59. The molecule has 0 unspecified atom stereocenters. The summed E-state index contributed by atoms with van der Waals surface area (Å²) in [7, 11) is 0. The van der Waals surface area contributed by atoms with Crippen molar-refractivity contribution in [3.63, 3.8) is 0 Å². The number of nitrogens with zero attached hydrogens (tertiary/aromatic N) is 2. The summed E-state index contributed by atoms with van der Waals surface area (Å²) in [5, 5.41) is 45.0. The van der Waals surface area contributed by atoms with Gasteiger partial charge in [0.25, 0.3) is 11.8 Å². The fraction of sp³-hybridized carbons (Fsp3) is 0. The molecule has 0 saturated carbocycles. The van der Waals surface area contributed by atoms with Crippen LogP contribution >= 0.6 is 0 Å². The minimum atomic E-state index is -0.513. The van der Waals surface area contributed by atoms with Gasteiger partial charge in [-0.3, -0.25) is 9.59 Å². The quantitative estimate of drug-likeness (QED) is 0.197. The summed E-state index contributed by atoms with van der Waals surface area (Å²) >= 11 is 0. The molecule has 0 aromatic heterocycles. The summed E-state index contributed by atoms with van der Waals surface area (Å²) in [6.45, 7) is 0. The number of phenolic OH excluding ortho intramolecular Hbond substituents is 4. The predicted molar refractivity (Wildman–Crippen MR) is 116 cm³/mol. The molecule has 162 valence electrons. The lowest BCUT2D eigenvalue weighted by molar-refractivity contribution is 0.0943. The summed E-state index contributed by atoms with van der Waals surface area (Å²) in [5.74, 6) is -2.16. The van der Waals surface area contributed by atoms with Crippen LogP contribution in [0, 0.1) is 0 Å². The molecular weight excluding hydrogens is 416 g/mol. The number of benzene rings is 3. The van der Waals surface area contributed by atoms with Crippen molar-refractivity contribution < 1.29 is 30.0 Å². The van der Waals surface area contributed by atoms with Crippen molar-refractivity contribution in [3.8, 4) is 23.0 Å². The van der Waals surface area contributed by atoms with Gasteiger partial charge >= 0.3 is 0 Å². The van der Waals surface area contributed by atoms with Crippen molar-refractivity contribution in [1.29, 1.82) is 0 Å². The topological polar surface area (TPSA) is 164 Å². The Bertz CT molecular complexity index is 1110. The van der Waals surface area contributed by atoms with Crippen LogP contribution in [-0.4, -0.2) is 44.7 Å². The van der Waals surface area contributed by atoms with E-state index in [0.717, 1.165) is 0 Å². The first-order valence-corrected chi connectivity index (χ1v) is 9.14. The van der Waals surface area contributed by atoms with E-state index in [4.69, 9.17) is 0 Å². The second kappa shape index (κ2) is 9.76. The number of nitrogens with one attached hydrogen (secondary N) is 2. The molecule has 3 rings (SSSR count). The van der Waals surface area contributed by atoms with Gasteiger partial charge in [-0.15, -0.1) is 0 Å². The predicted octanol–water partition coefficient (Wildman–Crippen LogP) is 2.04. The SMILES string of the molecule is O=C(N/N=C/c1ccc(O)c(O)c1)c1ccc(C(=O)N/N=C/c2ccc(O)c(O)c2)cc1. The molecule has 0 aliphatic rings. The van der Waals surface area contributed by atoms with Crippen LogP contribution in [0.25, 0.3) is 0 Å². The highest BCUT2D eigenvalue weighted by molar-refractivity contribution is 5.98. The first kappa shape index (κ1) is 21.8. The van der Waals surface area contributed by atoms with Crippen LogP contribution in [0.5, 0.6) is 23.0 Å². The van der Waals surface area contributed by atoms with E-state index >= 15 is 0 Å². The van der Waals surface area contributed by atoms with Gasteiger partial charge in [0, 0.05) is 11.1 Å². The number of hydrazone groups is 2. The van der Waals surface area contributed by atoms with E-state index in [1.165, 1.54) is 73.1 Å². The minimum Gasteiger partial charge on any atom is -0.504 e. The van der Waals surface area contributed by atoms with Crippen LogP contribution in [0.1, 0.15) is 31.8 Å². The van der Waals surface area contributed by atoms with Crippen LogP contribution in [0.15, 0.2) is 70.9 Å². The Morgan fingerprint density at radius 3 is 1.31 bits per heavy atom. The van der Waals surface area contributed by atoms with Gasteiger partial charge in [0.2, 0.25) is 0 Å². The van der Waals surface area contributed by atoms with Gasteiger partial charge in [0.05, 0.1) is 12.4 Å². The molecule has 10 heteroatoms. The molecule has 0 radical (unpaired) electrons. The molecule has 0 aliphatic heterocycles. The molecule has 0 bridgehead atoms. The van der Waals surface area contributed by atoms with Crippen molar-refractivity contribution in [2.24, 2.45) is 10.2 Å². The van der Waals surface area contributed by atoms with Crippen molar-refractivity contribution in [3.05, 3.63) is 82.9 Å². The Balaban J connectivity index is 1.55. The number of phenols is 4. The number of hydrogen-bond acceptors (Lipinski definition) is 8. The van der Waals surface area contributed by atoms with Crippen LogP contribution in [0.4, 0.5) is 0 Å². The maximum absolute atomic E-state index is 12.1. The van der Waals surface area contributed by atoms with E-state index in [0.29, 0.717) is 11.1 Å². The molecule has 0 spiro atoms. The molecule has 3 aromatic carbocycles. The van der Waals surface area contributed by atoms with Gasteiger partial charge in [-0.25, -0.2) is 10.9 Å². The Morgan fingerprint density at radius 1 is 0.594 bits per heavy atom. The van der Waals surface area contributed by atoms with Gasteiger partial charge in [-0.05, 0) is 71.8 Å². The lowest BCUT2D eigenvalue weighted by atomic mass is 10.1. The van der Waals surface area contributed by atoms with Gasteiger partial charge in [-0.2, -0.15) is 10.2 Å². The number of carbonyl (C=O) groups excluding carboxylic acids is 2. The Hall–Kier alpha value is -4.86. The molecule has 10 nitrogen and oxygen atoms in total. The second-order valence-electron chi connectivity index (χ2n) is 6.47. The van der Waals surface area contributed by atoms with Gasteiger partial charge in [0.1, 0.15) is 0 Å². The molecule has 0 aliphatic carbocycles. The monoisotopic (exact) mass is 434 g/mol. The van der Waals surface area contributed by atoms with Crippen LogP contribution in [0.2, 0.25) is 0 Å². The third kappa shape index (κ3) is 5.60. The largest absolute Gasteiger partial charge is 0.504 e. The Morgan fingerprint density at radius 2 is 0.969 bits per heavy atom. The van der Waals surface area contributed by atoms with Crippen molar-refractivity contribution >= 4 is 24.2 Å². The van der Waals surface area contributed by atoms with Crippen molar-refractivity contribution in [1.82, 2.24) is 10.9 Å². The molecule has 0 heterocycles. The zero-order valence-corrected chi connectivity index (χ0v) is 16.4. The summed E-state index contributed by atoms with van der Waals surface area (Å²) in [4.78, 5) is 24.3. The van der Waals surface area contributed by atoms with Crippen molar-refractivity contribution in [2.45, 2.75) is 0 Å². The molecule has 3 aromatic rings. The van der Waals surface area contributed by atoms with Crippen LogP contribution in [-0.2, 0) is 0 Å². The van der Waals surface area contributed by atoms with Gasteiger partial charge in [-0.1, -0.05) is 0 Å². The highest BCUT2D eigenvalue weighted by Crippen LogP contribution is 2.24. The molecule has 32 heavy (non-hydrogen) atoms. The fourth-order valence-electron chi connectivity index (χ4n) is 2.47. The molecule has 2 amide bonds. The van der Waals surface area contributed by atoms with E-state index in [9.17, 15) is 30.0 Å². The smallest absolute Gasteiger partial charge is 0.271 e. The van der Waals surface area contributed by atoms with E-state index in [1.54, 1.807) is 0 Å². The van der Waals surface area contributed by atoms with E-state index < -0.39 is 11.8 Å². The third-order valence-electron chi connectivity index (χ3n) is 4.17. The summed E-state index contributed by atoms with van der Waals surface area (Å²) in [6, 6.07) is 13.9. The molecular formula is C22H18N4O6. The summed E-state index contributed by atoms with van der Waals surface area (Å²) in [5.41, 5.74) is 6.09. The van der Waals surface area contributed by atoms with Crippen LogP contribution in [0.3, 0.4) is 0 Å². The lowest BCUT2D eigenvalue weighted by Gasteiger charge is -2.03. The van der Waals surface area contributed by atoms with E-state index in [-0.39, 0.29) is 34.1 Å². The highest BCUT2D eigenvalue weighted by atomic mass is 16.3. The number of hydrogen-bond donors (Lipinski definition) is 6. The van der Waals surface area contributed by atoms with Crippen LogP contribution < -0.4 is 10.9 Å². The van der Waals surface area contributed by atoms with E-state index in [1.807, 2.05) is 0 Å². The van der Waals surface area contributed by atoms with Crippen molar-refractivity contribution in [2.75, 3.05) is 0 Å². The number of aromatic hydroxyl groups is 4. The lowest BCUT2D eigenvalue weighted by Crippen LogP contribution is -2.19. The highest BCUT2D eigenvalue weighted by Gasteiger charge is 2.08. The van der Waals surface area contributed by atoms with Gasteiger partial charge < -0.3 is 20.4 Å². The molecule has 0 atom stereocenters. The third-order valence-corrected chi connectivity index (χ3v) is 4.17. The first-order valence-electron chi connectivity index (χ1n) is 9.14. The normalized spacial score (nSPS) is 11.0. The zero-order valence-electron chi connectivity index (χ0n) is 16.4. The minimum absolute atomic E-state index is 0.260. The second-order valence-corrected chi connectivity index (χ2v) is 6.47. The number of carbonyl (C=O) groups is 2. The zero-order chi connectivity index (χ0) is 23.1. The standard InChI is InChI=1S/C22H18N4O6/c27-17-7-1-13(9-19(17)29)11-23-25-21(31)15-3-5-16(6-4-15)22(32)26-24-12-14-2-8-18(28)20(30)10-14/h1-12,27-30H,(H,25,31)(H,26,32)/b23-11+,24-12+. The average Bonchev–Trinajstić information content (AvgIpc) is 2.78. The fourth-order valence-corrected chi connectivity index (χ4v) is 2.47. The maximum Gasteiger partial charge on any atom is 0.271 e. The number of rotatable bonds is 6. The average molecular weight is 434 g/mol. The first-order chi connectivity index (χ1) is 15.3. The molecule has 6 N–H and O–H groups in total. The van der Waals surface area contributed by atoms with E-state index in [2.05, 4.69) is 21.1 Å². The summed E-state index contributed by atoms with van der Waals surface area (Å²) < 4.78 is 0. The Labute approximate surface area is 181 Å². The Kier molecular flexibility index (Phi) is 6.66. The van der Waals surface area contributed by atoms with Gasteiger partial charge in [0.15, 0.2) is 23.0 Å². The molecule has 0 fully saturated rings. The maximum atomic E-state index is 12.1. The number of amides is 2.